The van der Waals surface area contributed by atoms with Crippen molar-refractivity contribution in [3.05, 3.63) is 92.0 Å². The molecule has 5 heterocycles. The average Bonchev–Trinajstić information content (AvgIpc) is 3.52. The Hall–Kier alpha value is -3.04. The summed E-state index contributed by atoms with van der Waals surface area (Å²) < 4.78 is 33.7. The molecule has 5 aromatic heterocycles. The number of hydrogen-bond donors (Lipinski definition) is 0. The zero-order chi connectivity index (χ0) is 17.5. The van der Waals surface area contributed by atoms with Gasteiger partial charge in [-0.25, -0.2) is 0 Å². The van der Waals surface area contributed by atoms with Crippen LogP contribution >= 0.6 is 0 Å². The SMILES string of the molecule is c1coc([As](c2ccco2)(c2ccco2)(c2ccco2)c2ccco2)c1. The first-order chi connectivity index (χ1) is 12.9. The molecule has 6 heteroatoms. The normalized spacial score (nSPS) is 13.5. The summed E-state index contributed by atoms with van der Waals surface area (Å²) in [5, 5.41) is 0. The van der Waals surface area contributed by atoms with Crippen LogP contribution in [-0.4, -0.2) is 12.5 Å². The fraction of sp³-hybridized carbons (Fsp3) is 0. The Bertz CT molecular complexity index is 853. The first-order valence-corrected chi connectivity index (χ1v) is 12.8. The predicted molar refractivity (Wildman–Crippen MR) is 97.5 cm³/mol. The summed E-state index contributed by atoms with van der Waals surface area (Å²) in [7, 11) is 0. The molecular weight excluding hydrogens is 395 g/mol. The molecule has 130 valence electrons. The van der Waals surface area contributed by atoms with Gasteiger partial charge in [0.15, 0.2) is 0 Å². The molecule has 5 rings (SSSR count). The van der Waals surface area contributed by atoms with Gasteiger partial charge in [0.05, 0.1) is 0 Å². The molecule has 5 aromatic rings. The molecule has 0 bridgehead atoms. The van der Waals surface area contributed by atoms with Gasteiger partial charge in [-0.15, -0.1) is 0 Å². The van der Waals surface area contributed by atoms with Crippen LogP contribution in [0.3, 0.4) is 0 Å². The molecule has 0 spiro atoms. The fourth-order valence-electron chi connectivity index (χ4n) is 3.71. The van der Waals surface area contributed by atoms with E-state index >= 15 is 0 Å². The maximum atomic E-state index is 6.04. The molecule has 0 aliphatic carbocycles. The standard InChI is InChI=1S/C20H15AsO5/c1-6-16(22-11-1)21(17-7-2-12-23-17,18-8-3-13-24-18,19-9-4-14-25-19)20-10-5-15-26-20/h1-15H. The Labute approximate surface area is 149 Å². The quantitative estimate of drug-likeness (QED) is 0.414. The van der Waals surface area contributed by atoms with E-state index in [0.717, 1.165) is 0 Å². The van der Waals surface area contributed by atoms with Crippen LogP contribution < -0.4 is 22.7 Å². The second-order valence-electron chi connectivity index (χ2n) is 5.87. The van der Waals surface area contributed by atoms with E-state index in [1.165, 1.54) is 0 Å². The van der Waals surface area contributed by atoms with Crippen molar-refractivity contribution in [1.29, 1.82) is 0 Å². The van der Waals surface area contributed by atoms with E-state index in [4.69, 9.17) is 22.1 Å². The molecule has 0 unspecified atom stereocenters. The van der Waals surface area contributed by atoms with Crippen LogP contribution in [0.25, 0.3) is 0 Å². The zero-order valence-electron chi connectivity index (χ0n) is 13.6. The summed E-state index contributed by atoms with van der Waals surface area (Å²) in [6.07, 6.45) is 8.23. The van der Waals surface area contributed by atoms with Gasteiger partial charge < -0.3 is 0 Å². The van der Waals surface area contributed by atoms with Gasteiger partial charge in [0.1, 0.15) is 0 Å². The Morgan fingerprint density at radius 3 is 0.769 bits per heavy atom. The van der Waals surface area contributed by atoms with Gasteiger partial charge in [0.25, 0.3) is 0 Å². The minimum atomic E-state index is -4.60. The Morgan fingerprint density at radius 1 is 0.385 bits per heavy atom. The fourth-order valence-corrected chi connectivity index (χ4v) is 15.1. The predicted octanol–water partition coefficient (Wildman–Crippen LogP) is 1.89. The van der Waals surface area contributed by atoms with E-state index in [0.29, 0.717) is 22.7 Å². The number of hydrogen-bond acceptors (Lipinski definition) is 5. The van der Waals surface area contributed by atoms with Crippen molar-refractivity contribution in [1.82, 2.24) is 0 Å². The molecule has 0 aliphatic heterocycles. The van der Waals surface area contributed by atoms with Crippen LogP contribution in [0.5, 0.6) is 0 Å². The van der Waals surface area contributed by atoms with Crippen molar-refractivity contribution in [3.8, 4) is 0 Å². The Kier molecular flexibility index (Phi) is 3.21. The van der Waals surface area contributed by atoms with E-state index in [-0.39, 0.29) is 0 Å². The topological polar surface area (TPSA) is 65.7 Å². The van der Waals surface area contributed by atoms with Crippen LogP contribution in [0.2, 0.25) is 0 Å². The van der Waals surface area contributed by atoms with Crippen molar-refractivity contribution in [3.63, 3.8) is 0 Å². The molecule has 26 heavy (non-hydrogen) atoms. The number of furan rings is 5. The van der Waals surface area contributed by atoms with Crippen molar-refractivity contribution in [2.24, 2.45) is 0 Å². The van der Waals surface area contributed by atoms with Gasteiger partial charge in [-0.05, 0) is 0 Å². The van der Waals surface area contributed by atoms with Crippen molar-refractivity contribution in [2.45, 2.75) is 0 Å². The third kappa shape index (κ3) is 1.61. The van der Waals surface area contributed by atoms with Gasteiger partial charge in [-0.2, -0.15) is 0 Å². The number of rotatable bonds is 5. The molecule has 0 atom stereocenters. The first-order valence-electron chi connectivity index (χ1n) is 8.09. The molecule has 0 saturated carbocycles. The minimum absolute atomic E-state index is 0.707. The molecule has 0 aromatic carbocycles. The van der Waals surface area contributed by atoms with Crippen LogP contribution in [0.1, 0.15) is 0 Å². The molecule has 0 radical (unpaired) electrons. The maximum absolute atomic E-state index is 6.04. The summed E-state index contributed by atoms with van der Waals surface area (Å²) in [5.41, 5.74) is 0. The van der Waals surface area contributed by atoms with Crippen LogP contribution in [-0.2, 0) is 0 Å². The zero-order valence-corrected chi connectivity index (χ0v) is 15.5. The summed E-state index contributed by atoms with van der Waals surface area (Å²) in [6, 6.07) is 18.9. The molecule has 5 nitrogen and oxygen atoms in total. The van der Waals surface area contributed by atoms with Gasteiger partial charge in [0, 0.05) is 0 Å². The van der Waals surface area contributed by atoms with E-state index in [9.17, 15) is 0 Å². The van der Waals surface area contributed by atoms with Gasteiger partial charge in [-0.3, -0.25) is 0 Å². The van der Waals surface area contributed by atoms with Crippen molar-refractivity contribution >= 4 is 35.2 Å². The summed E-state index contributed by atoms with van der Waals surface area (Å²) in [5.74, 6) is 0. The summed E-state index contributed by atoms with van der Waals surface area (Å²) >= 11 is -4.60. The third-order valence-corrected chi connectivity index (χ3v) is 16.7. The van der Waals surface area contributed by atoms with Crippen LogP contribution in [0.15, 0.2) is 114 Å². The van der Waals surface area contributed by atoms with E-state index in [1.807, 2.05) is 60.7 Å². The van der Waals surface area contributed by atoms with Gasteiger partial charge in [-0.1, -0.05) is 0 Å². The molecule has 0 amide bonds. The summed E-state index contributed by atoms with van der Waals surface area (Å²) in [4.78, 5) is 0. The molecule has 0 aliphatic rings. The third-order valence-electron chi connectivity index (χ3n) is 4.73. The van der Waals surface area contributed by atoms with Gasteiger partial charge >= 0.3 is 149 Å². The molecule has 0 saturated heterocycles. The Morgan fingerprint density at radius 2 is 0.615 bits per heavy atom. The van der Waals surface area contributed by atoms with E-state index in [1.54, 1.807) is 31.3 Å². The van der Waals surface area contributed by atoms with Crippen molar-refractivity contribution < 1.29 is 22.1 Å². The summed E-state index contributed by atoms with van der Waals surface area (Å²) in [6.45, 7) is 0. The molecule has 0 N–H and O–H groups in total. The van der Waals surface area contributed by atoms with E-state index < -0.39 is 12.5 Å². The Balaban J connectivity index is 2.11. The monoisotopic (exact) mass is 410 g/mol. The molecule has 0 fully saturated rings. The van der Waals surface area contributed by atoms with Crippen molar-refractivity contribution in [2.75, 3.05) is 0 Å². The first kappa shape index (κ1) is 15.2. The second-order valence-corrected chi connectivity index (χ2v) is 15.2. The van der Waals surface area contributed by atoms with Gasteiger partial charge in [0.2, 0.25) is 0 Å². The average molecular weight is 410 g/mol. The van der Waals surface area contributed by atoms with Crippen LogP contribution in [0, 0.1) is 0 Å². The second kappa shape index (κ2) is 5.48. The van der Waals surface area contributed by atoms with E-state index in [2.05, 4.69) is 0 Å². The van der Waals surface area contributed by atoms with Crippen LogP contribution in [0.4, 0.5) is 0 Å². The molecular formula is C20H15AsO5.